The average molecular weight is 483 g/mol. The zero-order valence-corrected chi connectivity index (χ0v) is 20.3. The van der Waals surface area contributed by atoms with E-state index in [9.17, 15) is 20.1 Å². The van der Waals surface area contributed by atoms with Gasteiger partial charge in [-0.25, -0.2) is 0 Å². The molecule has 9 unspecified atom stereocenters. The van der Waals surface area contributed by atoms with Crippen LogP contribution in [0.3, 0.4) is 0 Å². The molecule has 31 heavy (non-hydrogen) atoms. The summed E-state index contributed by atoms with van der Waals surface area (Å²) in [6.07, 6.45) is 2.94. The molecule has 0 spiro atoms. The highest BCUT2D eigenvalue weighted by molar-refractivity contribution is 7.99. The fraction of sp³-hybridized carbons (Fsp3) is 0.952. The Morgan fingerprint density at radius 1 is 1.23 bits per heavy atom. The van der Waals surface area contributed by atoms with Crippen molar-refractivity contribution in [2.75, 3.05) is 26.5 Å². The second-order valence-corrected chi connectivity index (χ2v) is 10.2. The number of aliphatic hydroxyl groups excluding tert-OH is 3. The van der Waals surface area contributed by atoms with Crippen molar-refractivity contribution >= 4 is 29.3 Å². The molecule has 0 radical (unpaired) electrons. The molecule has 0 saturated carbocycles. The van der Waals surface area contributed by atoms with Crippen LogP contribution in [-0.2, 0) is 14.3 Å². The summed E-state index contributed by atoms with van der Waals surface area (Å²) >= 11 is 7.58. The first-order valence-electron chi connectivity index (χ1n) is 11.2. The predicted molar refractivity (Wildman–Crippen MR) is 122 cm³/mol. The number of alkyl halides is 1. The molecule has 2 aliphatic heterocycles. The Hall–Kier alpha value is -0.130. The van der Waals surface area contributed by atoms with E-state index in [4.69, 9.17) is 21.1 Å². The molecule has 182 valence electrons. The Labute approximate surface area is 194 Å². The smallest absolute Gasteiger partial charge is 0.237 e. The summed E-state index contributed by atoms with van der Waals surface area (Å²) in [5.74, 6) is 0.405. The second-order valence-electron chi connectivity index (χ2n) is 8.62. The quantitative estimate of drug-likeness (QED) is 0.229. The van der Waals surface area contributed by atoms with Gasteiger partial charge in [0.05, 0.1) is 17.5 Å². The van der Waals surface area contributed by atoms with E-state index < -0.39 is 41.3 Å². The van der Waals surface area contributed by atoms with Crippen LogP contribution >= 0.6 is 23.4 Å². The summed E-state index contributed by atoms with van der Waals surface area (Å²) in [7, 11) is 1.72. The SMILES string of the molecule is COCCCCC1CCNC(C(=O)NC(C(C)Cl)C2OC(SC)C(O)C(O)C2O)CC1. The highest BCUT2D eigenvalue weighted by atomic mass is 35.5. The number of methoxy groups -OCH3 is 1. The summed E-state index contributed by atoms with van der Waals surface area (Å²) in [5, 5.41) is 36.5. The number of unbranched alkanes of at least 4 members (excludes halogenated alkanes) is 1. The highest BCUT2D eigenvalue weighted by Gasteiger charge is 2.48. The number of ether oxygens (including phenoxy) is 2. The zero-order chi connectivity index (χ0) is 23.0. The van der Waals surface area contributed by atoms with E-state index in [1.165, 1.54) is 11.8 Å². The molecule has 5 N–H and O–H groups in total. The molecule has 2 fully saturated rings. The van der Waals surface area contributed by atoms with E-state index in [-0.39, 0.29) is 11.9 Å². The van der Waals surface area contributed by atoms with Crippen molar-refractivity contribution in [1.29, 1.82) is 0 Å². The lowest BCUT2D eigenvalue weighted by molar-refractivity contribution is -0.205. The topological polar surface area (TPSA) is 120 Å². The largest absolute Gasteiger partial charge is 0.388 e. The van der Waals surface area contributed by atoms with Gasteiger partial charge in [-0.15, -0.1) is 23.4 Å². The maximum absolute atomic E-state index is 13.0. The first-order valence-corrected chi connectivity index (χ1v) is 12.9. The molecule has 8 nitrogen and oxygen atoms in total. The first-order chi connectivity index (χ1) is 14.8. The van der Waals surface area contributed by atoms with E-state index in [0.717, 1.165) is 51.7 Å². The maximum Gasteiger partial charge on any atom is 0.237 e. The standard InChI is InChI=1S/C21H39ClN2O6S/c1-12(22)15(19-17(26)16(25)18(27)21(30-19)31-3)24-20(28)14-8-7-13(9-10-23-14)6-4-5-11-29-2/h12-19,21,23,25-27H,4-11H2,1-3H3,(H,24,28). The molecule has 0 aromatic heterocycles. The van der Waals surface area contributed by atoms with Gasteiger partial charge in [-0.05, 0) is 51.3 Å². The number of carbonyl (C=O) groups excluding carboxylic acids is 1. The van der Waals surface area contributed by atoms with Crippen LogP contribution < -0.4 is 10.6 Å². The minimum Gasteiger partial charge on any atom is -0.388 e. The van der Waals surface area contributed by atoms with Gasteiger partial charge < -0.3 is 35.4 Å². The Bertz CT molecular complexity index is 544. The number of rotatable bonds is 10. The highest BCUT2D eigenvalue weighted by Crippen LogP contribution is 2.30. The van der Waals surface area contributed by atoms with Crippen LogP contribution in [0.4, 0.5) is 0 Å². The molecule has 2 heterocycles. The van der Waals surface area contributed by atoms with E-state index in [2.05, 4.69) is 10.6 Å². The van der Waals surface area contributed by atoms with Crippen molar-refractivity contribution in [1.82, 2.24) is 10.6 Å². The Balaban J connectivity index is 1.94. The molecule has 9 atom stereocenters. The fourth-order valence-corrected chi connectivity index (χ4v) is 5.28. The summed E-state index contributed by atoms with van der Waals surface area (Å²) in [6, 6.07) is -1.05. The van der Waals surface area contributed by atoms with Gasteiger partial charge in [-0.2, -0.15) is 0 Å². The molecule has 0 aromatic carbocycles. The minimum atomic E-state index is -1.37. The van der Waals surface area contributed by atoms with E-state index >= 15 is 0 Å². The van der Waals surface area contributed by atoms with Crippen molar-refractivity contribution in [2.45, 2.75) is 92.8 Å². The van der Waals surface area contributed by atoms with Crippen LogP contribution in [0.2, 0.25) is 0 Å². The normalized spacial score (nSPS) is 36.4. The van der Waals surface area contributed by atoms with Crippen LogP contribution in [0.15, 0.2) is 0 Å². The van der Waals surface area contributed by atoms with Gasteiger partial charge in [0.1, 0.15) is 29.9 Å². The van der Waals surface area contributed by atoms with Gasteiger partial charge >= 0.3 is 0 Å². The lowest BCUT2D eigenvalue weighted by atomic mass is 9.92. The zero-order valence-electron chi connectivity index (χ0n) is 18.7. The molecule has 10 heteroatoms. The number of thioether (sulfide) groups is 1. The van der Waals surface area contributed by atoms with Crippen molar-refractivity contribution in [3.05, 3.63) is 0 Å². The van der Waals surface area contributed by atoms with Crippen molar-refractivity contribution in [3.8, 4) is 0 Å². The number of hydrogen-bond donors (Lipinski definition) is 5. The molecule has 0 aromatic rings. The minimum absolute atomic E-state index is 0.186. The molecule has 0 bridgehead atoms. The van der Waals surface area contributed by atoms with Crippen molar-refractivity contribution < 1.29 is 29.6 Å². The third kappa shape index (κ3) is 7.71. The molecule has 2 rings (SSSR count). The van der Waals surface area contributed by atoms with E-state index in [1.54, 1.807) is 20.3 Å². The third-order valence-electron chi connectivity index (χ3n) is 6.33. The Morgan fingerprint density at radius 2 is 1.97 bits per heavy atom. The third-order valence-corrected chi connectivity index (χ3v) is 7.46. The van der Waals surface area contributed by atoms with Gasteiger partial charge in [0.15, 0.2) is 0 Å². The predicted octanol–water partition coefficient (Wildman–Crippen LogP) is 0.844. The molecule has 2 aliphatic rings. The molecule has 2 saturated heterocycles. The number of amides is 1. The van der Waals surface area contributed by atoms with Crippen LogP contribution in [0.1, 0.15) is 45.4 Å². The molecule has 1 amide bonds. The van der Waals surface area contributed by atoms with Crippen LogP contribution in [0, 0.1) is 5.92 Å². The maximum atomic E-state index is 13.0. The monoisotopic (exact) mass is 482 g/mol. The number of nitrogens with one attached hydrogen (secondary N) is 2. The van der Waals surface area contributed by atoms with Crippen LogP contribution in [-0.4, -0.2) is 95.1 Å². The van der Waals surface area contributed by atoms with Crippen molar-refractivity contribution in [3.63, 3.8) is 0 Å². The summed E-state index contributed by atoms with van der Waals surface area (Å²) in [5.41, 5.74) is -0.715. The fourth-order valence-electron chi connectivity index (χ4n) is 4.39. The number of hydrogen-bond acceptors (Lipinski definition) is 8. The first kappa shape index (κ1) is 27.1. The van der Waals surface area contributed by atoms with Crippen molar-refractivity contribution in [2.24, 2.45) is 5.92 Å². The van der Waals surface area contributed by atoms with E-state index in [0.29, 0.717) is 5.92 Å². The number of carbonyl (C=O) groups is 1. The lowest BCUT2D eigenvalue weighted by Crippen LogP contribution is -2.65. The van der Waals surface area contributed by atoms with Gasteiger partial charge in [-0.3, -0.25) is 4.79 Å². The molecule has 0 aliphatic carbocycles. The number of aliphatic hydroxyl groups is 3. The second kappa shape index (κ2) is 13.5. The van der Waals surface area contributed by atoms with Crippen LogP contribution in [0.5, 0.6) is 0 Å². The average Bonchev–Trinajstić information content (AvgIpc) is 2.99. The van der Waals surface area contributed by atoms with Gasteiger partial charge in [-0.1, -0.05) is 12.8 Å². The van der Waals surface area contributed by atoms with Crippen LogP contribution in [0.25, 0.3) is 0 Å². The lowest BCUT2D eigenvalue weighted by Gasteiger charge is -2.44. The summed E-state index contributed by atoms with van der Waals surface area (Å²) in [4.78, 5) is 13.0. The Kier molecular flexibility index (Phi) is 11.8. The van der Waals surface area contributed by atoms with Gasteiger partial charge in [0.25, 0.3) is 0 Å². The summed E-state index contributed by atoms with van der Waals surface area (Å²) in [6.45, 7) is 3.27. The van der Waals surface area contributed by atoms with Gasteiger partial charge in [0.2, 0.25) is 5.91 Å². The summed E-state index contributed by atoms with van der Waals surface area (Å²) < 4.78 is 10.9. The van der Waals surface area contributed by atoms with Gasteiger partial charge in [0, 0.05) is 13.7 Å². The Morgan fingerprint density at radius 3 is 2.61 bits per heavy atom. The molecular formula is C21H39ClN2O6S. The number of halogens is 1. The molecular weight excluding hydrogens is 444 g/mol. The van der Waals surface area contributed by atoms with E-state index in [1.807, 2.05) is 0 Å².